The Labute approximate surface area is 137 Å². The fraction of sp³-hybridized carbons (Fsp3) is 0.412. The van der Waals surface area contributed by atoms with Crippen LogP contribution < -0.4 is 10.1 Å². The van der Waals surface area contributed by atoms with E-state index in [0.717, 1.165) is 23.4 Å². The lowest BCUT2D eigenvalue weighted by Gasteiger charge is -2.14. The van der Waals surface area contributed by atoms with Crippen LogP contribution in [0.5, 0.6) is 5.88 Å². The molecule has 1 amide bonds. The molecule has 0 radical (unpaired) electrons. The zero-order valence-electron chi connectivity index (χ0n) is 14.4. The number of nitrogens with zero attached hydrogens (tertiary/aromatic N) is 3. The van der Waals surface area contributed by atoms with Crippen LogP contribution in [0, 0.1) is 6.92 Å². The molecule has 0 saturated heterocycles. The van der Waals surface area contributed by atoms with Crippen LogP contribution in [0.15, 0.2) is 24.3 Å². The highest BCUT2D eigenvalue weighted by atomic mass is 16.5. The Balaban J connectivity index is 2.15. The second kappa shape index (κ2) is 7.28. The molecule has 0 aliphatic carbocycles. The summed E-state index contributed by atoms with van der Waals surface area (Å²) in [7, 11) is 7.40. The highest BCUT2D eigenvalue weighted by Gasteiger charge is 2.16. The van der Waals surface area contributed by atoms with Crippen LogP contribution in [0.2, 0.25) is 0 Å². The topological polar surface area (TPSA) is 59.4 Å². The summed E-state index contributed by atoms with van der Waals surface area (Å²) < 4.78 is 7.03. The smallest absolute Gasteiger partial charge is 0.251 e. The largest absolute Gasteiger partial charge is 0.481 e. The normalized spacial score (nSPS) is 10.9. The molecule has 2 rings (SSSR count). The lowest BCUT2D eigenvalue weighted by molar-refractivity contribution is 0.0949. The third-order valence-electron chi connectivity index (χ3n) is 3.66. The van der Waals surface area contributed by atoms with E-state index in [0.29, 0.717) is 18.0 Å². The van der Waals surface area contributed by atoms with Gasteiger partial charge in [-0.1, -0.05) is 18.2 Å². The van der Waals surface area contributed by atoms with Crippen LogP contribution in [0.3, 0.4) is 0 Å². The van der Waals surface area contributed by atoms with Crippen LogP contribution in [0.1, 0.15) is 27.2 Å². The van der Waals surface area contributed by atoms with Crippen molar-refractivity contribution in [2.45, 2.75) is 20.0 Å². The van der Waals surface area contributed by atoms with Gasteiger partial charge >= 0.3 is 0 Å². The molecule has 0 aliphatic rings. The van der Waals surface area contributed by atoms with Gasteiger partial charge < -0.3 is 15.0 Å². The van der Waals surface area contributed by atoms with Crippen LogP contribution in [-0.4, -0.2) is 41.8 Å². The van der Waals surface area contributed by atoms with Gasteiger partial charge in [-0.25, -0.2) is 4.68 Å². The SMILES string of the molecule is COc1c(CNC(=O)c2ccccc2CN(C)C)c(C)nn1C. The molecular weight excluding hydrogens is 292 g/mol. The summed E-state index contributed by atoms with van der Waals surface area (Å²) in [6, 6.07) is 7.65. The molecule has 0 fully saturated rings. The average molecular weight is 316 g/mol. The van der Waals surface area contributed by atoms with Crippen molar-refractivity contribution in [3.05, 3.63) is 46.6 Å². The Morgan fingerprint density at radius 2 is 2.04 bits per heavy atom. The van der Waals surface area contributed by atoms with Crippen molar-refractivity contribution in [2.75, 3.05) is 21.2 Å². The number of nitrogens with one attached hydrogen (secondary N) is 1. The first-order chi connectivity index (χ1) is 10.9. The van der Waals surface area contributed by atoms with Gasteiger partial charge in [0.1, 0.15) is 0 Å². The maximum Gasteiger partial charge on any atom is 0.251 e. The molecule has 1 heterocycles. The van der Waals surface area contributed by atoms with E-state index in [2.05, 4.69) is 10.4 Å². The highest BCUT2D eigenvalue weighted by molar-refractivity contribution is 5.95. The zero-order valence-corrected chi connectivity index (χ0v) is 14.4. The van der Waals surface area contributed by atoms with Crippen molar-refractivity contribution >= 4 is 5.91 Å². The minimum Gasteiger partial charge on any atom is -0.481 e. The van der Waals surface area contributed by atoms with Crippen molar-refractivity contribution < 1.29 is 9.53 Å². The average Bonchev–Trinajstić information content (AvgIpc) is 2.77. The standard InChI is InChI=1S/C17H24N4O2/c1-12-15(17(23-5)21(4)19-12)10-18-16(22)14-9-7-6-8-13(14)11-20(2)3/h6-9H,10-11H2,1-5H3,(H,18,22). The van der Waals surface area contributed by atoms with Crippen LogP contribution >= 0.6 is 0 Å². The fourth-order valence-corrected chi connectivity index (χ4v) is 2.62. The molecule has 0 aliphatic heterocycles. The second-order valence-electron chi connectivity index (χ2n) is 5.77. The number of rotatable bonds is 6. The van der Waals surface area contributed by atoms with Crippen LogP contribution in [0.25, 0.3) is 0 Å². The third kappa shape index (κ3) is 3.90. The monoisotopic (exact) mass is 316 g/mol. The number of hydrogen-bond donors (Lipinski definition) is 1. The van der Waals surface area contributed by atoms with Crippen LogP contribution in [-0.2, 0) is 20.1 Å². The summed E-state index contributed by atoms with van der Waals surface area (Å²) in [6.07, 6.45) is 0. The number of amides is 1. The summed E-state index contributed by atoms with van der Waals surface area (Å²) >= 11 is 0. The van der Waals surface area contributed by atoms with E-state index >= 15 is 0 Å². The quantitative estimate of drug-likeness (QED) is 0.882. The number of carbonyl (C=O) groups excluding carboxylic acids is 1. The number of aryl methyl sites for hydroxylation is 2. The van der Waals surface area contributed by atoms with Gasteiger partial charge in [-0.05, 0) is 32.6 Å². The first-order valence-electron chi connectivity index (χ1n) is 7.51. The Bertz CT molecular complexity index is 692. The molecular formula is C17H24N4O2. The maximum atomic E-state index is 12.5. The molecule has 6 nitrogen and oxygen atoms in total. The van der Waals surface area contributed by atoms with Gasteiger partial charge in [-0.2, -0.15) is 5.10 Å². The van der Waals surface area contributed by atoms with Gasteiger partial charge in [-0.3, -0.25) is 4.79 Å². The van der Waals surface area contributed by atoms with E-state index in [1.807, 2.05) is 57.2 Å². The first-order valence-corrected chi connectivity index (χ1v) is 7.51. The van der Waals surface area contributed by atoms with E-state index < -0.39 is 0 Å². The summed E-state index contributed by atoms with van der Waals surface area (Å²) in [5.74, 6) is 0.581. The molecule has 6 heteroatoms. The van der Waals surface area contributed by atoms with Crippen molar-refractivity contribution in [3.8, 4) is 5.88 Å². The van der Waals surface area contributed by atoms with E-state index in [9.17, 15) is 4.79 Å². The number of benzene rings is 1. The van der Waals surface area contributed by atoms with Gasteiger partial charge in [0.05, 0.1) is 24.9 Å². The minimum atomic E-state index is -0.0900. The molecule has 1 aromatic carbocycles. The Morgan fingerprint density at radius 3 is 2.70 bits per heavy atom. The summed E-state index contributed by atoms with van der Waals surface area (Å²) in [5, 5.41) is 7.29. The number of carbonyl (C=O) groups is 1. The molecule has 0 saturated carbocycles. The molecule has 0 atom stereocenters. The zero-order chi connectivity index (χ0) is 17.0. The molecule has 1 aromatic heterocycles. The Kier molecular flexibility index (Phi) is 5.39. The van der Waals surface area contributed by atoms with Gasteiger partial charge in [0, 0.05) is 19.2 Å². The van der Waals surface area contributed by atoms with Crippen molar-refractivity contribution in [1.82, 2.24) is 20.0 Å². The van der Waals surface area contributed by atoms with Crippen molar-refractivity contribution in [1.29, 1.82) is 0 Å². The Hall–Kier alpha value is -2.34. The molecule has 0 unspecified atom stereocenters. The van der Waals surface area contributed by atoms with Gasteiger partial charge in [-0.15, -0.1) is 0 Å². The highest BCUT2D eigenvalue weighted by Crippen LogP contribution is 2.20. The Morgan fingerprint density at radius 1 is 1.35 bits per heavy atom. The van der Waals surface area contributed by atoms with Gasteiger partial charge in [0.15, 0.2) is 0 Å². The molecule has 2 aromatic rings. The number of aromatic nitrogens is 2. The van der Waals surface area contributed by atoms with Gasteiger partial charge in [0.2, 0.25) is 5.88 Å². The number of ether oxygens (including phenoxy) is 1. The summed E-state index contributed by atoms with van der Waals surface area (Å²) in [6.45, 7) is 3.01. The van der Waals surface area contributed by atoms with Crippen molar-refractivity contribution in [3.63, 3.8) is 0 Å². The molecule has 1 N–H and O–H groups in total. The lowest BCUT2D eigenvalue weighted by Crippen LogP contribution is -2.25. The number of methoxy groups -OCH3 is 1. The van der Waals surface area contributed by atoms with Gasteiger partial charge in [0.25, 0.3) is 5.91 Å². The summed E-state index contributed by atoms with van der Waals surface area (Å²) in [5.41, 5.74) is 3.45. The predicted octanol–water partition coefficient (Wildman–Crippen LogP) is 1.73. The molecule has 124 valence electrons. The minimum absolute atomic E-state index is 0.0900. The second-order valence-corrected chi connectivity index (χ2v) is 5.77. The molecule has 23 heavy (non-hydrogen) atoms. The van der Waals surface area contributed by atoms with E-state index in [-0.39, 0.29) is 5.91 Å². The summed E-state index contributed by atoms with van der Waals surface area (Å²) in [4.78, 5) is 14.6. The van der Waals surface area contributed by atoms with Crippen LogP contribution in [0.4, 0.5) is 0 Å². The van der Waals surface area contributed by atoms with E-state index in [4.69, 9.17) is 4.74 Å². The fourth-order valence-electron chi connectivity index (χ4n) is 2.62. The van der Waals surface area contributed by atoms with Crippen molar-refractivity contribution in [2.24, 2.45) is 7.05 Å². The number of hydrogen-bond acceptors (Lipinski definition) is 4. The first kappa shape index (κ1) is 17.0. The molecule has 0 spiro atoms. The maximum absolute atomic E-state index is 12.5. The lowest BCUT2D eigenvalue weighted by atomic mass is 10.1. The molecule has 0 bridgehead atoms. The predicted molar refractivity (Wildman–Crippen MR) is 89.5 cm³/mol. The van der Waals surface area contributed by atoms with E-state index in [1.54, 1.807) is 11.8 Å². The third-order valence-corrected chi connectivity index (χ3v) is 3.66. The van der Waals surface area contributed by atoms with E-state index in [1.165, 1.54) is 0 Å².